The second-order valence-corrected chi connectivity index (χ2v) is 10.9. The van der Waals surface area contributed by atoms with Crippen molar-refractivity contribution >= 4 is 32.6 Å². The average molecular weight is 502 g/mol. The number of aromatic amines is 1. The molecule has 5 rings (SSSR count). The summed E-state index contributed by atoms with van der Waals surface area (Å²) < 4.78 is 35.9. The van der Waals surface area contributed by atoms with Gasteiger partial charge in [0, 0.05) is 36.5 Å². The minimum atomic E-state index is -2.56. The summed E-state index contributed by atoms with van der Waals surface area (Å²) in [4.78, 5) is 19.4. The Bertz CT molecular complexity index is 1230. The lowest BCUT2D eigenvalue weighted by molar-refractivity contribution is -0.0286. The molecule has 3 aromatic heterocycles. The zero-order valence-corrected chi connectivity index (χ0v) is 21.4. The van der Waals surface area contributed by atoms with Crippen molar-refractivity contribution in [2.75, 3.05) is 33.4 Å². The zero-order valence-electron chi connectivity index (χ0n) is 20.5. The summed E-state index contributed by atoms with van der Waals surface area (Å²) in [5.74, 6) is 1.17. The highest BCUT2D eigenvalue weighted by atomic mass is 32.2. The summed E-state index contributed by atoms with van der Waals surface area (Å²) in [6.07, 6.45) is 9.30. The third-order valence-corrected chi connectivity index (χ3v) is 8.79. The number of H-pyrrole nitrogens is 1. The highest BCUT2D eigenvalue weighted by molar-refractivity contribution is 7.73. The Balaban J connectivity index is 1.32. The molecule has 35 heavy (non-hydrogen) atoms. The quantitative estimate of drug-likeness (QED) is 0.358. The molecule has 9 nitrogen and oxygen atoms in total. The maximum Gasteiger partial charge on any atom is 0.156 e. The molecule has 0 radical (unpaired) electrons. The molecule has 1 N–H and O–H groups in total. The van der Waals surface area contributed by atoms with Crippen molar-refractivity contribution in [2.24, 2.45) is 5.92 Å². The number of hydrogen-bond acceptors (Lipinski definition) is 8. The number of aromatic nitrogens is 4. The van der Waals surface area contributed by atoms with Crippen LogP contribution in [0.5, 0.6) is 0 Å². The average Bonchev–Trinajstić information content (AvgIpc) is 3.33. The maximum absolute atomic E-state index is 12.5. The molecular weight excluding hydrogens is 466 g/mol. The van der Waals surface area contributed by atoms with Crippen LogP contribution in [-0.2, 0) is 20.2 Å². The largest absolute Gasteiger partial charge is 0.382 e. The van der Waals surface area contributed by atoms with E-state index in [1.165, 1.54) is 0 Å². The Hall–Kier alpha value is -2.14. The van der Waals surface area contributed by atoms with Crippen LogP contribution in [0.25, 0.3) is 21.9 Å². The first-order chi connectivity index (χ1) is 17.0. The van der Waals surface area contributed by atoms with Crippen LogP contribution in [0.4, 0.5) is 0 Å². The third kappa shape index (κ3) is 5.21. The lowest BCUT2D eigenvalue weighted by Crippen LogP contribution is -2.49. The lowest BCUT2D eigenvalue weighted by Gasteiger charge is -2.41. The molecule has 1 aliphatic heterocycles. The molecule has 3 aromatic rings. The molecule has 1 saturated heterocycles. The monoisotopic (exact) mass is 501 g/mol. The molecule has 2 unspecified atom stereocenters. The van der Waals surface area contributed by atoms with Crippen LogP contribution in [0.3, 0.4) is 0 Å². The van der Waals surface area contributed by atoms with E-state index in [0.29, 0.717) is 19.8 Å². The van der Waals surface area contributed by atoms with Gasteiger partial charge in [0.05, 0.1) is 36.7 Å². The molecule has 0 amide bonds. The van der Waals surface area contributed by atoms with Crippen LogP contribution in [0, 0.1) is 12.8 Å². The number of nitrogens with one attached hydrogen (secondary N) is 1. The number of thiol groups is 1. The van der Waals surface area contributed by atoms with Crippen LogP contribution in [0.15, 0.2) is 18.5 Å². The van der Waals surface area contributed by atoms with Crippen molar-refractivity contribution in [3.63, 3.8) is 0 Å². The van der Waals surface area contributed by atoms with Gasteiger partial charge in [0.1, 0.15) is 16.8 Å². The van der Waals surface area contributed by atoms with E-state index in [4.69, 9.17) is 14.5 Å². The van der Waals surface area contributed by atoms with Crippen molar-refractivity contribution in [3.8, 4) is 0 Å². The van der Waals surface area contributed by atoms with E-state index in [2.05, 4.69) is 19.9 Å². The lowest BCUT2D eigenvalue weighted by atomic mass is 9.79. The summed E-state index contributed by atoms with van der Waals surface area (Å²) in [6.45, 7) is 4.51. The number of fused-ring (bicyclic) bond motifs is 3. The molecule has 1 aliphatic carbocycles. The van der Waals surface area contributed by atoms with Gasteiger partial charge in [-0.15, -0.1) is 0 Å². The second kappa shape index (κ2) is 10.9. The Morgan fingerprint density at radius 1 is 1.17 bits per heavy atom. The predicted molar refractivity (Wildman–Crippen MR) is 135 cm³/mol. The van der Waals surface area contributed by atoms with E-state index >= 15 is 0 Å². The minimum absolute atomic E-state index is 0.0698. The van der Waals surface area contributed by atoms with Crippen molar-refractivity contribution < 1.29 is 17.9 Å². The number of piperidine rings is 1. The Morgan fingerprint density at radius 3 is 2.77 bits per heavy atom. The highest BCUT2D eigenvalue weighted by Gasteiger charge is 2.37. The van der Waals surface area contributed by atoms with Crippen molar-refractivity contribution in [1.29, 1.82) is 0 Å². The summed E-state index contributed by atoms with van der Waals surface area (Å²) in [5.41, 5.74) is 2.79. The van der Waals surface area contributed by atoms with Crippen LogP contribution >= 0.6 is 0 Å². The summed E-state index contributed by atoms with van der Waals surface area (Å²) in [5, 5.41) is 1.70. The summed E-state index contributed by atoms with van der Waals surface area (Å²) >= 11 is 0. The zero-order chi connectivity index (χ0) is 24.4. The first-order valence-corrected chi connectivity index (χ1v) is 13.9. The van der Waals surface area contributed by atoms with E-state index < -0.39 is 16.1 Å². The predicted octanol–water partition coefficient (Wildman–Crippen LogP) is 3.15. The Labute approximate surface area is 207 Å². The number of methoxy groups -OCH3 is 1. The number of pyridine rings is 1. The van der Waals surface area contributed by atoms with Crippen molar-refractivity contribution in [1.82, 2.24) is 24.8 Å². The van der Waals surface area contributed by atoms with Crippen LogP contribution in [0.2, 0.25) is 0 Å². The van der Waals surface area contributed by atoms with Gasteiger partial charge in [0.25, 0.3) is 0 Å². The van der Waals surface area contributed by atoms with Gasteiger partial charge < -0.3 is 14.5 Å². The number of hydrogen-bond donors (Lipinski definition) is 2. The van der Waals surface area contributed by atoms with Crippen LogP contribution < -0.4 is 0 Å². The number of rotatable bonds is 8. The van der Waals surface area contributed by atoms with Gasteiger partial charge in [-0.1, -0.05) is 0 Å². The fourth-order valence-corrected chi connectivity index (χ4v) is 7.13. The van der Waals surface area contributed by atoms with Crippen molar-refractivity contribution in [2.45, 2.75) is 62.8 Å². The van der Waals surface area contributed by atoms with Gasteiger partial charge in [-0.2, -0.15) is 0 Å². The number of ether oxygens (including phenoxy) is 2. The first-order valence-electron chi connectivity index (χ1n) is 12.6. The van der Waals surface area contributed by atoms with Gasteiger partial charge in [-0.05, 0) is 64.0 Å². The SMILES string of the molecule is COCCOC1CCCN(C(C2CCC(c3nc(C)nc4cnc5[nH]ccc5c34)CC2)[SH](=O)=O)C1. The summed E-state index contributed by atoms with van der Waals surface area (Å²) in [6, 6.07) is 2.04. The third-order valence-electron chi connectivity index (χ3n) is 7.61. The molecule has 2 aliphatic rings. The minimum Gasteiger partial charge on any atom is -0.382 e. The molecule has 4 heterocycles. The first kappa shape index (κ1) is 24.5. The molecular formula is C25H35N5O4S. The van der Waals surface area contributed by atoms with E-state index in [-0.39, 0.29) is 17.9 Å². The second-order valence-electron chi connectivity index (χ2n) is 9.85. The van der Waals surface area contributed by atoms with E-state index in [1.807, 2.05) is 25.4 Å². The van der Waals surface area contributed by atoms with Gasteiger partial charge in [0.15, 0.2) is 10.7 Å². The fourth-order valence-electron chi connectivity index (χ4n) is 6.01. The van der Waals surface area contributed by atoms with E-state index in [0.717, 1.165) is 78.5 Å². The van der Waals surface area contributed by atoms with Crippen LogP contribution in [-0.4, -0.2) is 78.1 Å². The number of likely N-dealkylation sites (tertiary alicyclic amines) is 1. The van der Waals surface area contributed by atoms with E-state index in [9.17, 15) is 8.42 Å². The normalized spacial score (nSPS) is 24.9. The van der Waals surface area contributed by atoms with Gasteiger partial charge in [-0.25, -0.2) is 23.4 Å². The van der Waals surface area contributed by atoms with E-state index in [1.54, 1.807) is 7.11 Å². The smallest absolute Gasteiger partial charge is 0.156 e. The molecule has 0 spiro atoms. The highest BCUT2D eigenvalue weighted by Crippen LogP contribution is 2.41. The van der Waals surface area contributed by atoms with Gasteiger partial charge in [0.2, 0.25) is 0 Å². The number of aryl methyl sites for hydroxylation is 1. The molecule has 10 heteroatoms. The molecule has 0 bridgehead atoms. The Kier molecular flexibility index (Phi) is 7.62. The maximum atomic E-state index is 12.5. The Morgan fingerprint density at radius 2 is 2.00 bits per heavy atom. The molecule has 190 valence electrons. The molecule has 0 aromatic carbocycles. The van der Waals surface area contributed by atoms with Gasteiger partial charge in [-0.3, -0.25) is 4.90 Å². The van der Waals surface area contributed by atoms with Crippen LogP contribution in [0.1, 0.15) is 56.0 Å². The fraction of sp³-hybridized carbons (Fsp3) is 0.640. The standard InChI is InChI=1S/C25H35N5O4S/c1-16-28-21-14-27-24-20(9-10-26-24)22(21)23(29-16)17-5-7-18(8-6-17)25(35(31)32)30-11-3-4-19(15-30)34-13-12-33-2/h9-10,14,17-19,25,35H,3-8,11-13,15H2,1-2H3,(H,26,27). The molecule has 2 fully saturated rings. The van der Waals surface area contributed by atoms with Gasteiger partial charge >= 0.3 is 0 Å². The topological polar surface area (TPSA) is 110 Å². The number of nitrogens with zero attached hydrogens (tertiary/aromatic N) is 4. The summed E-state index contributed by atoms with van der Waals surface area (Å²) in [7, 11) is -0.895. The molecule has 2 atom stereocenters. The molecule has 1 saturated carbocycles. The van der Waals surface area contributed by atoms with Crippen molar-refractivity contribution in [3.05, 3.63) is 30.0 Å².